The van der Waals surface area contributed by atoms with Gasteiger partial charge in [0.1, 0.15) is 0 Å². The Hall–Kier alpha value is -3.94. The Labute approximate surface area is 180 Å². The molecule has 0 spiro atoms. The van der Waals surface area contributed by atoms with Crippen LogP contribution in [0, 0.1) is 0 Å². The van der Waals surface area contributed by atoms with Crippen molar-refractivity contribution in [1.82, 2.24) is 15.5 Å². The van der Waals surface area contributed by atoms with Gasteiger partial charge in [0.2, 0.25) is 5.91 Å². The lowest BCUT2D eigenvalue weighted by Gasteiger charge is -2.17. The van der Waals surface area contributed by atoms with Crippen molar-refractivity contribution < 1.29 is 9.59 Å². The molecule has 0 saturated carbocycles. The highest BCUT2D eigenvalue weighted by Crippen LogP contribution is 2.23. The number of hydrogen-bond acceptors (Lipinski definition) is 6. The van der Waals surface area contributed by atoms with Gasteiger partial charge in [-0.25, -0.2) is 0 Å². The van der Waals surface area contributed by atoms with Gasteiger partial charge < -0.3 is 20.9 Å². The van der Waals surface area contributed by atoms with Crippen molar-refractivity contribution in [2.45, 2.75) is 12.8 Å². The number of benzene rings is 2. The van der Waals surface area contributed by atoms with E-state index in [2.05, 4.69) is 31.0 Å². The van der Waals surface area contributed by atoms with Gasteiger partial charge in [-0.3, -0.25) is 9.59 Å². The molecule has 0 bridgehead atoms. The van der Waals surface area contributed by atoms with E-state index < -0.39 is 0 Å². The highest BCUT2D eigenvalue weighted by molar-refractivity contribution is 5.99. The maximum atomic E-state index is 12.1. The summed E-state index contributed by atoms with van der Waals surface area (Å²) >= 11 is 0. The number of aromatic nitrogens is 2. The molecule has 0 unspecified atom stereocenters. The second kappa shape index (κ2) is 9.71. The Bertz CT molecular complexity index is 1030. The number of hydrogen-bond donors (Lipinski definition) is 3. The summed E-state index contributed by atoms with van der Waals surface area (Å²) in [6.45, 7) is 1.99. The van der Waals surface area contributed by atoms with E-state index in [-0.39, 0.29) is 18.4 Å². The van der Waals surface area contributed by atoms with Gasteiger partial charge in [-0.05, 0) is 49.2 Å². The summed E-state index contributed by atoms with van der Waals surface area (Å²) in [6, 6.07) is 18.0. The van der Waals surface area contributed by atoms with Crippen molar-refractivity contribution in [2.75, 3.05) is 35.2 Å². The van der Waals surface area contributed by atoms with Crippen LogP contribution in [0.1, 0.15) is 23.2 Å². The molecule has 158 valence electrons. The summed E-state index contributed by atoms with van der Waals surface area (Å²) in [5.41, 5.74) is 3.06. The lowest BCUT2D eigenvalue weighted by molar-refractivity contribution is -0.115. The van der Waals surface area contributed by atoms with Crippen LogP contribution < -0.4 is 20.9 Å². The van der Waals surface area contributed by atoms with Crippen molar-refractivity contribution in [2.24, 2.45) is 0 Å². The summed E-state index contributed by atoms with van der Waals surface area (Å²) in [7, 11) is 0. The third-order valence-electron chi connectivity index (χ3n) is 5.00. The second-order valence-electron chi connectivity index (χ2n) is 7.29. The average Bonchev–Trinajstić information content (AvgIpc) is 3.35. The predicted octanol–water partition coefficient (Wildman–Crippen LogP) is 3.19. The minimum absolute atomic E-state index is 0.105. The molecule has 1 aliphatic rings. The van der Waals surface area contributed by atoms with Crippen LogP contribution in [0.2, 0.25) is 0 Å². The van der Waals surface area contributed by atoms with Crippen LogP contribution in [-0.4, -0.2) is 41.6 Å². The summed E-state index contributed by atoms with van der Waals surface area (Å²) in [6.07, 6.45) is 4.19. The number of nitrogens with zero attached hydrogens (tertiary/aromatic N) is 3. The van der Waals surface area contributed by atoms with Crippen molar-refractivity contribution in [1.29, 1.82) is 0 Å². The maximum absolute atomic E-state index is 12.1. The minimum atomic E-state index is -0.297. The molecule has 31 heavy (non-hydrogen) atoms. The van der Waals surface area contributed by atoms with Crippen molar-refractivity contribution in [3.8, 4) is 0 Å². The first-order valence-corrected chi connectivity index (χ1v) is 10.3. The second-order valence-corrected chi connectivity index (χ2v) is 7.29. The van der Waals surface area contributed by atoms with E-state index in [0.29, 0.717) is 17.1 Å². The Balaban J connectivity index is 1.28. The fourth-order valence-corrected chi connectivity index (χ4v) is 3.41. The summed E-state index contributed by atoms with van der Waals surface area (Å²) in [4.78, 5) is 26.4. The number of carbonyl (C=O) groups excluding carboxylic acids is 2. The highest BCUT2D eigenvalue weighted by atomic mass is 16.2. The van der Waals surface area contributed by atoms with Crippen molar-refractivity contribution >= 4 is 34.7 Å². The van der Waals surface area contributed by atoms with Crippen LogP contribution in [0.4, 0.5) is 22.9 Å². The minimum Gasteiger partial charge on any atom is -0.370 e. The zero-order valence-corrected chi connectivity index (χ0v) is 17.0. The van der Waals surface area contributed by atoms with E-state index >= 15 is 0 Å². The van der Waals surface area contributed by atoms with Crippen LogP contribution >= 0.6 is 0 Å². The average molecular weight is 416 g/mol. The molecule has 0 aliphatic carbocycles. The molecule has 1 fully saturated rings. The van der Waals surface area contributed by atoms with Crippen LogP contribution in [-0.2, 0) is 4.79 Å². The Morgan fingerprint density at radius 1 is 0.935 bits per heavy atom. The molecule has 0 atom stereocenters. The van der Waals surface area contributed by atoms with Gasteiger partial charge in [-0.2, -0.15) is 5.10 Å². The van der Waals surface area contributed by atoms with E-state index in [9.17, 15) is 9.59 Å². The quantitative estimate of drug-likeness (QED) is 0.547. The van der Waals surface area contributed by atoms with E-state index in [1.54, 1.807) is 42.6 Å². The van der Waals surface area contributed by atoms with Crippen LogP contribution in [0.25, 0.3) is 0 Å². The Morgan fingerprint density at radius 3 is 2.39 bits per heavy atom. The molecule has 4 rings (SSSR count). The normalized spacial score (nSPS) is 13.0. The van der Waals surface area contributed by atoms with E-state index in [4.69, 9.17) is 0 Å². The SMILES string of the molecule is O=C(CNC(=O)c1ccccc1)Nc1ccc(Nc2cc(N3CCCC3)cnn2)cc1. The first-order valence-electron chi connectivity index (χ1n) is 10.3. The van der Waals surface area contributed by atoms with Crippen molar-refractivity contribution in [3.05, 3.63) is 72.4 Å². The molecule has 2 heterocycles. The van der Waals surface area contributed by atoms with Gasteiger partial charge in [0.25, 0.3) is 5.91 Å². The first kappa shape index (κ1) is 20.3. The monoisotopic (exact) mass is 416 g/mol. The maximum Gasteiger partial charge on any atom is 0.251 e. The molecule has 0 radical (unpaired) electrons. The zero-order chi connectivity index (χ0) is 21.5. The molecular weight excluding hydrogens is 392 g/mol. The standard InChI is InChI=1S/C23H24N6O2/c30-22(16-24-23(31)17-6-2-1-3-7-17)27-19-10-8-18(9-11-19)26-21-14-20(15-25-28-21)29-12-4-5-13-29/h1-3,6-11,14-15H,4-5,12-13,16H2,(H,24,31)(H,26,28)(H,27,30). The molecule has 1 saturated heterocycles. The summed E-state index contributed by atoms with van der Waals surface area (Å²) in [5.74, 6) is 0.0894. The van der Waals surface area contributed by atoms with Gasteiger partial charge in [0.05, 0.1) is 18.4 Å². The Morgan fingerprint density at radius 2 is 1.65 bits per heavy atom. The molecule has 3 N–H and O–H groups in total. The molecule has 3 aromatic rings. The fraction of sp³-hybridized carbons (Fsp3) is 0.217. The van der Waals surface area contributed by atoms with E-state index in [1.807, 2.05) is 24.3 Å². The molecule has 8 nitrogen and oxygen atoms in total. The third-order valence-corrected chi connectivity index (χ3v) is 5.00. The fourth-order valence-electron chi connectivity index (χ4n) is 3.41. The smallest absolute Gasteiger partial charge is 0.251 e. The lowest BCUT2D eigenvalue weighted by Crippen LogP contribution is -2.32. The lowest BCUT2D eigenvalue weighted by atomic mass is 10.2. The van der Waals surface area contributed by atoms with Gasteiger partial charge in [0, 0.05) is 36.1 Å². The topological polar surface area (TPSA) is 99.2 Å². The molecule has 2 amide bonds. The molecule has 2 aromatic carbocycles. The molecular formula is C23H24N6O2. The number of carbonyl (C=O) groups is 2. The summed E-state index contributed by atoms with van der Waals surface area (Å²) < 4.78 is 0. The largest absolute Gasteiger partial charge is 0.370 e. The number of rotatable bonds is 7. The van der Waals surface area contributed by atoms with Crippen molar-refractivity contribution in [3.63, 3.8) is 0 Å². The van der Waals surface area contributed by atoms with Gasteiger partial charge in [0.15, 0.2) is 5.82 Å². The molecule has 1 aliphatic heterocycles. The van der Waals surface area contributed by atoms with Gasteiger partial charge in [-0.15, -0.1) is 5.10 Å². The van der Waals surface area contributed by atoms with E-state index in [0.717, 1.165) is 24.5 Å². The molecule has 8 heteroatoms. The van der Waals surface area contributed by atoms with E-state index in [1.165, 1.54) is 12.8 Å². The van der Waals surface area contributed by atoms with Crippen LogP contribution in [0.5, 0.6) is 0 Å². The molecule has 1 aromatic heterocycles. The van der Waals surface area contributed by atoms with Crippen LogP contribution in [0.3, 0.4) is 0 Å². The Kier molecular flexibility index (Phi) is 6.37. The number of amides is 2. The van der Waals surface area contributed by atoms with Gasteiger partial charge in [-0.1, -0.05) is 18.2 Å². The number of nitrogens with one attached hydrogen (secondary N) is 3. The predicted molar refractivity (Wildman–Crippen MR) is 121 cm³/mol. The number of anilines is 4. The first-order chi connectivity index (χ1) is 15.2. The van der Waals surface area contributed by atoms with Crippen LogP contribution in [0.15, 0.2) is 66.9 Å². The third kappa shape index (κ3) is 5.57. The zero-order valence-electron chi connectivity index (χ0n) is 17.0. The van der Waals surface area contributed by atoms with Gasteiger partial charge >= 0.3 is 0 Å². The highest BCUT2D eigenvalue weighted by Gasteiger charge is 2.13. The summed E-state index contributed by atoms with van der Waals surface area (Å²) in [5, 5.41) is 16.9.